The lowest BCUT2D eigenvalue weighted by molar-refractivity contribution is 0.00703. The number of hydrogen-bond donors (Lipinski definition) is 0. The Morgan fingerprint density at radius 2 is 1.70 bits per heavy atom. The molecule has 1 heterocycles. The summed E-state index contributed by atoms with van der Waals surface area (Å²) in [6.45, 7) is 0.710. The fourth-order valence-electron chi connectivity index (χ4n) is 3.47. The van der Waals surface area contributed by atoms with Crippen molar-refractivity contribution < 1.29 is 9.53 Å². The van der Waals surface area contributed by atoms with E-state index >= 15 is 0 Å². The van der Waals surface area contributed by atoms with Crippen molar-refractivity contribution in [1.82, 2.24) is 0 Å². The van der Waals surface area contributed by atoms with Gasteiger partial charge in [0.15, 0.2) is 5.78 Å². The normalized spacial score (nSPS) is 24.3. The van der Waals surface area contributed by atoms with Crippen LogP contribution in [0.4, 0.5) is 0 Å². The van der Waals surface area contributed by atoms with E-state index in [-0.39, 0.29) is 17.8 Å². The highest BCUT2D eigenvalue weighted by atomic mass is 16.5. The number of carbonyl (C=O) groups excluding carboxylic acids is 1. The fraction of sp³-hybridized carbons (Fsp3) is 0.278. The van der Waals surface area contributed by atoms with Crippen LogP contribution in [0.15, 0.2) is 48.5 Å². The van der Waals surface area contributed by atoms with Crippen LogP contribution >= 0.6 is 0 Å². The molecule has 1 aliphatic heterocycles. The fourth-order valence-corrected chi connectivity index (χ4v) is 3.47. The van der Waals surface area contributed by atoms with Crippen molar-refractivity contribution in [3.63, 3.8) is 0 Å². The molecule has 0 N–H and O–H groups in total. The van der Waals surface area contributed by atoms with Gasteiger partial charge in [0.2, 0.25) is 0 Å². The van der Waals surface area contributed by atoms with Gasteiger partial charge >= 0.3 is 0 Å². The Kier molecular flexibility index (Phi) is 2.71. The highest BCUT2D eigenvalue weighted by molar-refractivity contribution is 6.02. The maximum absolute atomic E-state index is 12.6. The Bertz CT molecular complexity index is 675. The van der Waals surface area contributed by atoms with Gasteiger partial charge in [0.25, 0.3) is 0 Å². The number of benzene rings is 2. The first-order chi connectivity index (χ1) is 9.84. The van der Waals surface area contributed by atoms with E-state index in [0.717, 1.165) is 24.0 Å². The first-order valence-corrected chi connectivity index (χ1v) is 7.16. The molecule has 0 amide bonds. The first kappa shape index (κ1) is 11.9. The Morgan fingerprint density at radius 1 is 0.950 bits per heavy atom. The Balaban J connectivity index is 1.73. The van der Waals surface area contributed by atoms with Crippen molar-refractivity contribution in [3.05, 3.63) is 70.8 Å². The Morgan fingerprint density at radius 3 is 2.55 bits per heavy atom. The second-order valence-electron chi connectivity index (χ2n) is 5.57. The molecule has 4 rings (SSSR count). The molecule has 2 aliphatic rings. The lowest BCUT2D eigenvalue weighted by Gasteiger charge is -2.29. The predicted molar refractivity (Wildman–Crippen MR) is 76.8 cm³/mol. The van der Waals surface area contributed by atoms with E-state index in [2.05, 4.69) is 24.3 Å². The van der Waals surface area contributed by atoms with E-state index in [1.807, 2.05) is 24.3 Å². The van der Waals surface area contributed by atoms with Crippen molar-refractivity contribution >= 4 is 5.78 Å². The molecule has 0 bridgehead atoms. The van der Waals surface area contributed by atoms with E-state index in [0.29, 0.717) is 6.61 Å². The number of Topliss-reactive ketones (excluding diaryl/α,β-unsaturated/α-hetero) is 1. The molecule has 0 aromatic heterocycles. The van der Waals surface area contributed by atoms with E-state index in [1.165, 1.54) is 11.1 Å². The highest BCUT2D eigenvalue weighted by Crippen LogP contribution is 2.40. The SMILES string of the molecule is O=C1c2ccccc2C[C@H]1[C@H]1OCCc2ccccc21. The number of ketones is 1. The minimum absolute atomic E-state index is 0.0613. The number of ether oxygens (including phenoxy) is 1. The molecule has 0 radical (unpaired) electrons. The largest absolute Gasteiger partial charge is 0.372 e. The van der Waals surface area contributed by atoms with Crippen LogP contribution in [-0.4, -0.2) is 12.4 Å². The smallest absolute Gasteiger partial charge is 0.169 e. The van der Waals surface area contributed by atoms with E-state index < -0.39 is 0 Å². The van der Waals surface area contributed by atoms with Gasteiger partial charge in [-0.25, -0.2) is 0 Å². The van der Waals surface area contributed by atoms with Crippen molar-refractivity contribution in [1.29, 1.82) is 0 Å². The maximum Gasteiger partial charge on any atom is 0.169 e. The molecule has 0 saturated heterocycles. The van der Waals surface area contributed by atoms with Gasteiger partial charge in [-0.3, -0.25) is 4.79 Å². The third kappa shape index (κ3) is 1.72. The summed E-state index contributed by atoms with van der Waals surface area (Å²) in [6.07, 6.45) is 1.66. The summed E-state index contributed by atoms with van der Waals surface area (Å²) in [6, 6.07) is 16.3. The second kappa shape index (κ2) is 4.57. The first-order valence-electron chi connectivity index (χ1n) is 7.16. The molecule has 0 unspecified atom stereocenters. The molecule has 2 nitrogen and oxygen atoms in total. The molecule has 2 aromatic rings. The average molecular weight is 264 g/mol. The van der Waals surface area contributed by atoms with Crippen LogP contribution in [-0.2, 0) is 17.6 Å². The van der Waals surface area contributed by atoms with Crippen LogP contribution < -0.4 is 0 Å². The lowest BCUT2D eigenvalue weighted by atomic mass is 9.87. The van der Waals surface area contributed by atoms with Gasteiger partial charge in [-0.05, 0) is 29.5 Å². The van der Waals surface area contributed by atoms with Crippen molar-refractivity contribution in [2.24, 2.45) is 5.92 Å². The lowest BCUT2D eigenvalue weighted by Crippen LogP contribution is -2.26. The minimum Gasteiger partial charge on any atom is -0.372 e. The van der Waals surface area contributed by atoms with E-state index in [1.54, 1.807) is 0 Å². The van der Waals surface area contributed by atoms with E-state index in [9.17, 15) is 4.79 Å². The van der Waals surface area contributed by atoms with Gasteiger partial charge in [0.05, 0.1) is 18.6 Å². The zero-order chi connectivity index (χ0) is 13.5. The Labute approximate surface area is 118 Å². The molecule has 2 atom stereocenters. The summed E-state index contributed by atoms with van der Waals surface area (Å²) < 4.78 is 5.97. The van der Waals surface area contributed by atoms with Crippen LogP contribution in [0.5, 0.6) is 0 Å². The Hall–Kier alpha value is -1.93. The second-order valence-corrected chi connectivity index (χ2v) is 5.57. The van der Waals surface area contributed by atoms with Gasteiger partial charge in [-0.15, -0.1) is 0 Å². The molecule has 1 aliphatic carbocycles. The average Bonchev–Trinajstić information content (AvgIpc) is 2.84. The molecule has 0 saturated carbocycles. The summed E-state index contributed by atoms with van der Waals surface area (Å²) in [4.78, 5) is 12.6. The monoisotopic (exact) mass is 264 g/mol. The van der Waals surface area contributed by atoms with Crippen LogP contribution in [0.25, 0.3) is 0 Å². The molecular weight excluding hydrogens is 248 g/mol. The van der Waals surface area contributed by atoms with Crippen molar-refractivity contribution in [2.45, 2.75) is 18.9 Å². The minimum atomic E-state index is -0.0835. The van der Waals surface area contributed by atoms with Gasteiger partial charge < -0.3 is 4.74 Å². The van der Waals surface area contributed by atoms with Crippen LogP contribution in [0.1, 0.15) is 33.2 Å². The van der Waals surface area contributed by atoms with Crippen molar-refractivity contribution in [3.8, 4) is 0 Å². The molecule has 0 fully saturated rings. The number of hydrogen-bond acceptors (Lipinski definition) is 2. The molecule has 20 heavy (non-hydrogen) atoms. The van der Waals surface area contributed by atoms with Crippen LogP contribution in [0.2, 0.25) is 0 Å². The third-order valence-electron chi connectivity index (χ3n) is 4.46. The van der Waals surface area contributed by atoms with Gasteiger partial charge in [0.1, 0.15) is 0 Å². The third-order valence-corrected chi connectivity index (χ3v) is 4.46. The summed E-state index contributed by atoms with van der Waals surface area (Å²) in [7, 11) is 0. The standard InChI is InChI=1S/C18H16O2/c19-17-14-7-3-2-6-13(14)11-16(17)18-15-8-4-1-5-12(15)9-10-20-18/h1-8,16,18H,9-11H2/t16-,18+/m1/s1. The predicted octanol–water partition coefficient (Wildman–Crippen LogP) is 3.36. The number of fused-ring (bicyclic) bond motifs is 2. The zero-order valence-corrected chi connectivity index (χ0v) is 11.2. The van der Waals surface area contributed by atoms with Gasteiger partial charge in [0, 0.05) is 5.56 Å². The summed E-state index contributed by atoms with van der Waals surface area (Å²) in [5.41, 5.74) is 4.57. The van der Waals surface area contributed by atoms with Crippen molar-refractivity contribution in [2.75, 3.05) is 6.61 Å². The quantitative estimate of drug-likeness (QED) is 0.789. The zero-order valence-electron chi connectivity index (χ0n) is 11.2. The summed E-state index contributed by atoms with van der Waals surface area (Å²) in [5.74, 6) is 0.177. The summed E-state index contributed by atoms with van der Waals surface area (Å²) in [5, 5.41) is 0. The summed E-state index contributed by atoms with van der Waals surface area (Å²) >= 11 is 0. The molecular formula is C18H16O2. The number of rotatable bonds is 1. The number of carbonyl (C=O) groups is 1. The highest BCUT2D eigenvalue weighted by Gasteiger charge is 2.39. The maximum atomic E-state index is 12.6. The van der Waals surface area contributed by atoms with Crippen LogP contribution in [0.3, 0.4) is 0 Å². The van der Waals surface area contributed by atoms with Crippen LogP contribution in [0, 0.1) is 5.92 Å². The molecule has 2 aromatic carbocycles. The van der Waals surface area contributed by atoms with E-state index in [4.69, 9.17) is 4.74 Å². The topological polar surface area (TPSA) is 26.3 Å². The van der Waals surface area contributed by atoms with Gasteiger partial charge in [-0.2, -0.15) is 0 Å². The molecule has 100 valence electrons. The van der Waals surface area contributed by atoms with Gasteiger partial charge in [-0.1, -0.05) is 48.5 Å². The molecule has 2 heteroatoms. The molecule has 0 spiro atoms.